The minimum Gasteiger partial charge on any atom is -0.452 e. The Morgan fingerprint density at radius 2 is 1.91 bits per heavy atom. The number of anilines is 2. The number of benzene rings is 2. The third kappa shape index (κ3) is 4.84. The van der Waals surface area contributed by atoms with Crippen LogP contribution in [-0.4, -0.2) is 35.9 Å². The summed E-state index contributed by atoms with van der Waals surface area (Å²) in [5.41, 5.74) is 1.52. The number of amides is 2. The summed E-state index contributed by atoms with van der Waals surface area (Å²) < 4.78 is 6.22. The molecule has 7 nitrogen and oxygen atoms in total. The first-order valence-electron chi connectivity index (χ1n) is 9.83. The van der Waals surface area contributed by atoms with Crippen LogP contribution >= 0.6 is 22.7 Å². The van der Waals surface area contributed by atoms with Gasteiger partial charge in [-0.1, -0.05) is 35.6 Å². The first kappa shape index (κ1) is 21.7. The van der Waals surface area contributed by atoms with Crippen LogP contribution in [0.1, 0.15) is 27.0 Å². The van der Waals surface area contributed by atoms with Crippen LogP contribution in [0.4, 0.5) is 10.8 Å². The number of nitrogens with zero attached hydrogens (tertiary/aromatic N) is 2. The highest BCUT2D eigenvalue weighted by atomic mass is 32.1. The number of aromatic nitrogens is 1. The predicted molar refractivity (Wildman–Crippen MR) is 127 cm³/mol. The fourth-order valence-corrected chi connectivity index (χ4v) is 4.67. The molecule has 4 aromatic rings. The zero-order valence-electron chi connectivity index (χ0n) is 17.1. The molecule has 0 fully saturated rings. The van der Waals surface area contributed by atoms with Gasteiger partial charge in [-0.05, 0) is 48.7 Å². The highest BCUT2D eigenvalue weighted by Crippen LogP contribution is 2.28. The molecule has 0 saturated carbocycles. The van der Waals surface area contributed by atoms with Crippen LogP contribution in [0.25, 0.3) is 10.2 Å². The minimum atomic E-state index is -0.647. The highest BCUT2D eigenvalue weighted by Gasteiger charge is 2.20. The number of thiazole rings is 1. The van der Waals surface area contributed by atoms with E-state index in [0.29, 0.717) is 22.2 Å². The van der Waals surface area contributed by atoms with Crippen LogP contribution in [0.5, 0.6) is 0 Å². The van der Waals surface area contributed by atoms with Crippen molar-refractivity contribution in [1.82, 2.24) is 4.98 Å². The first-order chi connectivity index (χ1) is 15.5. The SMILES string of the molecule is CCN(C(=O)COC(=O)c1cccc(NC(=O)c2cccs2)c1)c1nc2ccccc2s1. The second-order valence-electron chi connectivity index (χ2n) is 6.69. The fraction of sp³-hybridized carbons (Fsp3) is 0.130. The van der Waals surface area contributed by atoms with E-state index in [4.69, 9.17) is 4.74 Å². The Kier molecular flexibility index (Phi) is 6.58. The molecule has 162 valence electrons. The summed E-state index contributed by atoms with van der Waals surface area (Å²) in [6.07, 6.45) is 0. The van der Waals surface area contributed by atoms with Gasteiger partial charge in [-0.15, -0.1) is 11.3 Å². The monoisotopic (exact) mass is 465 g/mol. The predicted octanol–water partition coefficient (Wildman–Crippen LogP) is 4.82. The Morgan fingerprint density at radius 1 is 1.06 bits per heavy atom. The number of hydrogen-bond donors (Lipinski definition) is 1. The van der Waals surface area contributed by atoms with E-state index in [-0.39, 0.29) is 17.4 Å². The van der Waals surface area contributed by atoms with Gasteiger partial charge in [0.15, 0.2) is 11.7 Å². The Balaban J connectivity index is 1.39. The van der Waals surface area contributed by atoms with E-state index in [2.05, 4.69) is 10.3 Å². The zero-order chi connectivity index (χ0) is 22.5. The second kappa shape index (κ2) is 9.71. The lowest BCUT2D eigenvalue weighted by Gasteiger charge is -2.17. The van der Waals surface area contributed by atoms with E-state index < -0.39 is 12.6 Å². The van der Waals surface area contributed by atoms with Crippen molar-refractivity contribution in [3.63, 3.8) is 0 Å². The van der Waals surface area contributed by atoms with E-state index in [1.54, 1.807) is 30.3 Å². The van der Waals surface area contributed by atoms with Crippen molar-refractivity contribution in [3.8, 4) is 0 Å². The van der Waals surface area contributed by atoms with Gasteiger partial charge in [0.05, 0.1) is 20.7 Å². The molecule has 4 rings (SSSR count). The number of carbonyl (C=O) groups is 3. The average Bonchev–Trinajstić information content (AvgIpc) is 3.48. The van der Waals surface area contributed by atoms with Gasteiger partial charge in [0.1, 0.15) is 0 Å². The molecule has 2 aromatic carbocycles. The highest BCUT2D eigenvalue weighted by molar-refractivity contribution is 7.22. The Bertz CT molecular complexity index is 1230. The zero-order valence-corrected chi connectivity index (χ0v) is 18.7. The molecule has 2 aromatic heterocycles. The summed E-state index contributed by atoms with van der Waals surface area (Å²) in [7, 11) is 0. The van der Waals surface area contributed by atoms with E-state index in [9.17, 15) is 14.4 Å². The number of thiophene rings is 1. The van der Waals surface area contributed by atoms with Gasteiger partial charge in [-0.3, -0.25) is 14.5 Å². The smallest absolute Gasteiger partial charge is 0.338 e. The molecule has 2 heterocycles. The van der Waals surface area contributed by atoms with Crippen molar-refractivity contribution in [3.05, 3.63) is 76.5 Å². The lowest BCUT2D eigenvalue weighted by atomic mass is 10.2. The van der Waals surface area contributed by atoms with Crippen LogP contribution in [-0.2, 0) is 9.53 Å². The molecular weight excluding hydrogens is 446 g/mol. The molecule has 32 heavy (non-hydrogen) atoms. The van der Waals surface area contributed by atoms with Crippen LogP contribution in [0.3, 0.4) is 0 Å². The summed E-state index contributed by atoms with van der Waals surface area (Å²) in [4.78, 5) is 43.9. The number of fused-ring (bicyclic) bond motifs is 1. The molecule has 0 bridgehead atoms. The van der Waals surface area contributed by atoms with Gasteiger partial charge >= 0.3 is 5.97 Å². The van der Waals surface area contributed by atoms with Crippen molar-refractivity contribution < 1.29 is 19.1 Å². The molecule has 0 aliphatic rings. The van der Waals surface area contributed by atoms with Gasteiger partial charge < -0.3 is 10.1 Å². The summed E-state index contributed by atoms with van der Waals surface area (Å²) in [5, 5.41) is 5.12. The van der Waals surface area contributed by atoms with Gasteiger partial charge in [0.25, 0.3) is 11.8 Å². The number of likely N-dealkylation sites (N-methyl/N-ethyl adjacent to an activating group) is 1. The largest absolute Gasteiger partial charge is 0.452 e. The summed E-state index contributed by atoms with van der Waals surface area (Å²) in [6, 6.07) is 17.6. The lowest BCUT2D eigenvalue weighted by Crippen LogP contribution is -2.34. The van der Waals surface area contributed by atoms with Crippen LogP contribution in [0.15, 0.2) is 66.0 Å². The van der Waals surface area contributed by atoms with Crippen molar-refractivity contribution >= 4 is 61.5 Å². The molecule has 0 radical (unpaired) electrons. The third-order valence-corrected chi connectivity index (χ3v) is 6.49. The molecule has 2 amide bonds. The lowest BCUT2D eigenvalue weighted by molar-refractivity contribution is -0.121. The third-order valence-electron chi connectivity index (χ3n) is 4.56. The summed E-state index contributed by atoms with van der Waals surface area (Å²) in [6.45, 7) is 1.83. The Morgan fingerprint density at radius 3 is 2.66 bits per heavy atom. The number of nitrogens with one attached hydrogen (secondary N) is 1. The standard InChI is InChI=1S/C23H19N3O4S2/c1-2-26(23-25-17-9-3-4-10-18(17)32-23)20(27)14-30-22(29)15-7-5-8-16(13-15)24-21(28)19-11-6-12-31-19/h3-13H,2,14H2,1H3,(H,24,28). The number of hydrogen-bond acceptors (Lipinski definition) is 7. The maximum atomic E-state index is 12.7. The number of ether oxygens (including phenoxy) is 1. The molecule has 0 aliphatic carbocycles. The minimum absolute atomic E-state index is 0.241. The van der Waals surface area contributed by atoms with Crippen LogP contribution in [0.2, 0.25) is 0 Å². The van der Waals surface area contributed by atoms with Gasteiger partial charge in [0.2, 0.25) is 0 Å². The maximum Gasteiger partial charge on any atom is 0.338 e. The maximum absolute atomic E-state index is 12.7. The van der Waals surface area contributed by atoms with Gasteiger partial charge in [-0.25, -0.2) is 9.78 Å². The van der Waals surface area contributed by atoms with Crippen molar-refractivity contribution in [2.24, 2.45) is 0 Å². The van der Waals surface area contributed by atoms with E-state index in [0.717, 1.165) is 10.2 Å². The molecular formula is C23H19N3O4S2. The average molecular weight is 466 g/mol. The number of para-hydroxylation sites is 1. The molecule has 0 aliphatic heterocycles. The molecule has 1 N–H and O–H groups in total. The van der Waals surface area contributed by atoms with Gasteiger partial charge in [-0.2, -0.15) is 0 Å². The number of esters is 1. The second-order valence-corrected chi connectivity index (χ2v) is 8.65. The molecule has 0 saturated heterocycles. The first-order valence-corrected chi connectivity index (χ1v) is 11.5. The van der Waals surface area contributed by atoms with Crippen LogP contribution in [0, 0.1) is 0 Å². The summed E-state index contributed by atoms with van der Waals surface area (Å²) in [5.74, 6) is -1.26. The van der Waals surface area contributed by atoms with E-state index >= 15 is 0 Å². The Labute approximate surface area is 192 Å². The summed E-state index contributed by atoms with van der Waals surface area (Å²) >= 11 is 2.74. The number of rotatable bonds is 7. The van der Waals surface area contributed by atoms with Crippen molar-refractivity contribution in [1.29, 1.82) is 0 Å². The number of carbonyl (C=O) groups excluding carboxylic acids is 3. The van der Waals surface area contributed by atoms with Crippen molar-refractivity contribution in [2.75, 3.05) is 23.4 Å². The topological polar surface area (TPSA) is 88.6 Å². The Hall–Kier alpha value is -3.56. The normalized spacial score (nSPS) is 10.7. The van der Waals surface area contributed by atoms with E-state index in [1.807, 2.05) is 36.6 Å². The van der Waals surface area contributed by atoms with Crippen molar-refractivity contribution in [2.45, 2.75) is 6.92 Å². The van der Waals surface area contributed by atoms with E-state index in [1.165, 1.54) is 33.6 Å². The fourth-order valence-electron chi connectivity index (χ4n) is 3.01. The van der Waals surface area contributed by atoms with Crippen LogP contribution < -0.4 is 10.2 Å². The van der Waals surface area contributed by atoms with Gasteiger partial charge in [0, 0.05) is 12.2 Å². The quantitative estimate of drug-likeness (QED) is 0.395. The molecule has 0 unspecified atom stereocenters. The molecule has 9 heteroatoms. The molecule has 0 spiro atoms. The molecule has 0 atom stereocenters.